The molecule has 1 aliphatic carbocycles. The van der Waals surface area contributed by atoms with E-state index in [1.54, 1.807) is 12.1 Å². The van der Waals surface area contributed by atoms with Crippen molar-refractivity contribution in [3.05, 3.63) is 191 Å². The van der Waals surface area contributed by atoms with Crippen LogP contribution in [0.5, 0.6) is 28.7 Å². The summed E-state index contributed by atoms with van der Waals surface area (Å²) in [5, 5.41) is 1.50. The molecule has 0 unspecified atom stereocenters. The Kier molecular flexibility index (Phi) is 7.07. The molecule has 2 aliphatic rings. The summed E-state index contributed by atoms with van der Waals surface area (Å²) in [5.41, 5.74) is 4.78. The molecule has 0 saturated heterocycles. The van der Waals surface area contributed by atoms with E-state index in [1.165, 1.54) is 12.1 Å². The highest BCUT2D eigenvalue weighted by Gasteiger charge is 2.44. The first-order valence-electron chi connectivity index (χ1n) is 17.0. The summed E-state index contributed by atoms with van der Waals surface area (Å²) in [6.07, 6.45) is 4.16. The highest BCUT2D eigenvalue weighted by Crippen LogP contribution is 2.58. The van der Waals surface area contributed by atoms with E-state index in [1.807, 2.05) is 121 Å². The second kappa shape index (κ2) is 11.7. The van der Waals surface area contributed by atoms with E-state index in [4.69, 9.17) is 14.2 Å². The summed E-state index contributed by atoms with van der Waals surface area (Å²) in [6.45, 7) is 4.22. The molecule has 0 bridgehead atoms. The van der Waals surface area contributed by atoms with Crippen LogP contribution in [0.2, 0.25) is 0 Å². The third-order valence-electron chi connectivity index (χ3n) is 10.1. The number of hydrogen-bond donors (Lipinski definition) is 0. The Labute approximate surface area is 295 Å². The Morgan fingerprint density at radius 2 is 1.08 bits per heavy atom. The minimum Gasteiger partial charge on any atom is -0.472 e. The highest BCUT2D eigenvalue weighted by atomic mass is 19.1. The van der Waals surface area contributed by atoms with Crippen molar-refractivity contribution in [3.8, 4) is 39.9 Å². The second-order valence-corrected chi connectivity index (χ2v) is 13.5. The molecule has 0 amide bonds. The van der Waals surface area contributed by atoms with Crippen LogP contribution in [-0.2, 0) is 11.0 Å². The van der Waals surface area contributed by atoms with E-state index < -0.39 is 11.0 Å². The van der Waals surface area contributed by atoms with Crippen molar-refractivity contribution in [2.24, 2.45) is 0 Å². The van der Waals surface area contributed by atoms with Crippen LogP contribution in [0.1, 0.15) is 41.7 Å². The lowest BCUT2D eigenvalue weighted by Crippen LogP contribution is -2.35. The van der Waals surface area contributed by atoms with Gasteiger partial charge in [0.15, 0.2) is 5.60 Å². The van der Waals surface area contributed by atoms with E-state index in [9.17, 15) is 4.39 Å². The molecule has 3 nitrogen and oxygen atoms in total. The number of para-hydroxylation sites is 2. The molecule has 5 heteroatoms. The van der Waals surface area contributed by atoms with Gasteiger partial charge in [-0.3, -0.25) is 0 Å². The maximum Gasteiger partial charge on any atom is 0.178 e. The van der Waals surface area contributed by atoms with Gasteiger partial charge in [0.2, 0.25) is 0 Å². The molecule has 0 spiro atoms. The smallest absolute Gasteiger partial charge is 0.178 e. The summed E-state index contributed by atoms with van der Waals surface area (Å²) in [5.74, 6) is 2.76. The molecule has 248 valence electrons. The highest BCUT2D eigenvalue weighted by molar-refractivity contribution is 6.08. The number of ether oxygens (including phenoxy) is 3. The Bertz CT molecular complexity index is 2380. The third kappa shape index (κ3) is 5.07. The van der Waals surface area contributed by atoms with Crippen molar-refractivity contribution < 1.29 is 23.0 Å². The number of hydrogen-bond acceptors (Lipinski definition) is 3. The zero-order chi connectivity index (χ0) is 34.7. The summed E-state index contributed by atoms with van der Waals surface area (Å²) < 4.78 is 49.5. The number of halogens is 2. The SMILES string of the molecule is CC1(C)c2cc(F)ccc2-c2c1c1c(c3cc(F)ccc23)OC(c2ccc(Oc3ccccc3)cc2)(c2ccc(Oc3ccccc3)cc2)C=C1. The zero-order valence-electron chi connectivity index (χ0n) is 28.0. The lowest BCUT2D eigenvalue weighted by molar-refractivity contribution is 0.163. The van der Waals surface area contributed by atoms with Crippen LogP contribution in [0.15, 0.2) is 152 Å². The first kappa shape index (κ1) is 30.8. The molecule has 0 radical (unpaired) electrons. The molecule has 7 aromatic rings. The van der Waals surface area contributed by atoms with Crippen LogP contribution in [0.4, 0.5) is 8.78 Å². The Morgan fingerprint density at radius 3 is 1.67 bits per heavy atom. The summed E-state index contributed by atoms with van der Waals surface area (Å²) >= 11 is 0. The van der Waals surface area contributed by atoms with Crippen molar-refractivity contribution in [1.29, 1.82) is 0 Å². The van der Waals surface area contributed by atoms with Crippen molar-refractivity contribution in [2.45, 2.75) is 24.9 Å². The fraction of sp³-hybridized carbons (Fsp3) is 0.0870. The lowest BCUT2D eigenvalue weighted by Gasteiger charge is -2.38. The van der Waals surface area contributed by atoms with Crippen LogP contribution in [-0.4, -0.2) is 0 Å². The van der Waals surface area contributed by atoms with Crippen molar-refractivity contribution in [1.82, 2.24) is 0 Å². The van der Waals surface area contributed by atoms with Gasteiger partial charge in [-0.2, -0.15) is 0 Å². The normalized spacial score (nSPS) is 14.7. The summed E-state index contributed by atoms with van der Waals surface area (Å²) in [6, 6.07) is 44.8. The van der Waals surface area contributed by atoms with Gasteiger partial charge in [0, 0.05) is 27.5 Å². The maximum atomic E-state index is 15.2. The van der Waals surface area contributed by atoms with Gasteiger partial charge in [0.1, 0.15) is 40.4 Å². The average Bonchev–Trinajstić information content (AvgIpc) is 3.38. The van der Waals surface area contributed by atoms with Crippen LogP contribution in [0.3, 0.4) is 0 Å². The molecular formula is C46H32F2O3. The first-order valence-corrected chi connectivity index (χ1v) is 17.0. The molecular weight excluding hydrogens is 638 g/mol. The van der Waals surface area contributed by atoms with Gasteiger partial charge < -0.3 is 14.2 Å². The fourth-order valence-corrected chi connectivity index (χ4v) is 7.70. The molecule has 1 heterocycles. The van der Waals surface area contributed by atoms with Gasteiger partial charge in [0.25, 0.3) is 0 Å². The van der Waals surface area contributed by atoms with E-state index >= 15 is 4.39 Å². The summed E-state index contributed by atoms with van der Waals surface area (Å²) in [7, 11) is 0. The predicted molar refractivity (Wildman–Crippen MR) is 198 cm³/mol. The number of fused-ring (bicyclic) bond motifs is 8. The molecule has 7 aromatic carbocycles. The number of benzene rings is 7. The van der Waals surface area contributed by atoms with E-state index in [2.05, 4.69) is 26.0 Å². The minimum absolute atomic E-state index is 0.288. The first-order chi connectivity index (χ1) is 24.8. The van der Waals surface area contributed by atoms with Gasteiger partial charge in [0.05, 0.1) is 0 Å². The summed E-state index contributed by atoms with van der Waals surface area (Å²) in [4.78, 5) is 0. The number of rotatable bonds is 6. The molecule has 51 heavy (non-hydrogen) atoms. The molecule has 1 aliphatic heterocycles. The molecule has 0 atom stereocenters. The molecule has 0 N–H and O–H groups in total. The quantitative estimate of drug-likeness (QED) is 0.176. The van der Waals surface area contributed by atoms with Crippen LogP contribution >= 0.6 is 0 Å². The Hall–Kier alpha value is -6.20. The van der Waals surface area contributed by atoms with Gasteiger partial charge in [-0.1, -0.05) is 92.7 Å². The predicted octanol–water partition coefficient (Wildman–Crippen LogP) is 12.4. The fourth-order valence-electron chi connectivity index (χ4n) is 7.70. The van der Waals surface area contributed by atoms with Crippen LogP contribution in [0.25, 0.3) is 28.0 Å². The largest absolute Gasteiger partial charge is 0.472 e. The Morgan fingerprint density at radius 1 is 0.549 bits per heavy atom. The van der Waals surface area contributed by atoms with Crippen molar-refractivity contribution in [3.63, 3.8) is 0 Å². The van der Waals surface area contributed by atoms with Gasteiger partial charge in [-0.25, -0.2) is 8.78 Å². The van der Waals surface area contributed by atoms with Gasteiger partial charge in [-0.15, -0.1) is 0 Å². The average molecular weight is 671 g/mol. The third-order valence-corrected chi connectivity index (χ3v) is 10.1. The standard InChI is InChI=1S/C46H32F2O3/c1-45(2)41-28-32(48)18-24-38(41)42-37-23-17-31(47)27-40(37)44-39(43(42)45)25-26-46(51-44,29-13-19-35(20-14-29)49-33-9-5-3-6-10-33)30-15-21-36(22-16-30)50-34-11-7-4-8-12-34/h3-28H,1-2H3. The molecule has 0 fully saturated rings. The lowest BCUT2D eigenvalue weighted by atomic mass is 9.77. The minimum atomic E-state index is -1.10. The molecule has 9 rings (SSSR count). The van der Waals surface area contributed by atoms with Crippen LogP contribution in [0, 0.1) is 11.6 Å². The molecule has 0 aromatic heterocycles. The Balaban J connectivity index is 1.22. The van der Waals surface area contributed by atoms with Crippen molar-refractivity contribution >= 4 is 16.8 Å². The molecule has 0 saturated carbocycles. The maximum absolute atomic E-state index is 15.2. The second-order valence-electron chi connectivity index (χ2n) is 13.5. The van der Waals surface area contributed by atoms with Gasteiger partial charge >= 0.3 is 0 Å². The zero-order valence-corrected chi connectivity index (χ0v) is 28.0. The van der Waals surface area contributed by atoms with Crippen LogP contribution < -0.4 is 14.2 Å². The van der Waals surface area contributed by atoms with E-state index in [-0.39, 0.29) is 11.6 Å². The van der Waals surface area contributed by atoms with E-state index in [0.717, 1.165) is 55.8 Å². The van der Waals surface area contributed by atoms with Crippen molar-refractivity contribution in [2.75, 3.05) is 0 Å². The topological polar surface area (TPSA) is 27.7 Å². The van der Waals surface area contributed by atoms with E-state index in [0.29, 0.717) is 22.6 Å². The monoisotopic (exact) mass is 670 g/mol. The van der Waals surface area contributed by atoms with Gasteiger partial charge in [-0.05, 0) is 107 Å².